The molecule has 1 saturated heterocycles. The fourth-order valence-corrected chi connectivity index (χ4v) is 3.42. The summed E-state index contributed by atoms with van der Waals surface area (Å²) in [6.07, 6.45) is 3.13. The molecule has 1 aromatic carbocycles. The molecule has 27 heavy (non-hydrogen) atoms. The van der Waals surface area contributed by atoms with Gasteiger partial charge < -0.3 is 9.47 Å². The van der Waals surface area contributed by atoms with Gasteiger partial charge in [0.25, 0.3) is 11.1 Å². The Labute approximate surface area is 156 Å². The average Bonchev–Trinajstić information content (AvgIpc) is 2.69. The highest BCUT2D eigenvalue weighted by molar-refractivity contribution is 5.81. The third-order valence-corrected chi connectivity index (χ3v) is 5.16. The van der Waals surface area contributed by atoms with Gasteiger partial charge in [0.05, 0.1) is 23.8 Å². The zero-order chi connectivity index (χ0) is 19.0. The zero-order valence-electron chi connectivity index (χ0n) is 15.5. The van der Waals surface area contributed by atoms with Crippen molar-refractivity contribution >= 4 is 16.6 Å². The molecule has 1 aliphatic heterocycles. The Kier molecular flexibility index (Phi) is 4.49. The topological polar surface area (TPSA) is 76.3 Å². The van der Waals surface area contributed by atoms with E-state index in [4.69, 9.17) is 0 Å². The smallest absolute Gasteiger partial charge is 0.260 e. The fourth-order valence-electron chi connectivity index (χ4n) is 3.42. The van der Waals surface area contributed by atoms with Gasteiger partial charge in [0, 0.05) is 58.2 Å². The number of aryl methyl sites for hydroxylation is 1. The first kappa shape index (κ1) is 17.4. The molecule has 0 amide bonds. The number of fused-ring (bicyclic) bond motifs is 1. The van der Waals surface area contributed by atoms with Crippen molar-refractivity contribution in [1.29, 1.82) is 0 Å². The van der Waals surface area contributed by atoms with E-state index in [1.807, 2.05) is 18.2 Å². The second kappa shape index (κ2) is 6.96. The predicted octanol–water partition coefficient (Wildman–Crippen LogP) is 0.349. The molecule has 0 bridgehead atoms. The number of nitrogens with zero attached hydrogens (tertiary/aromatic N) is 6. The molecular formula is C19H22N6O2. The van der Waals surface area contributed by atoms with Crippen LogP contribution in [0.4, 0.5) is 5.69 Å². The standard InChI is InChI=1S/C19H22N6O2/c1-22-13-21-16-11-14(3-4-15(16)19(22)27)25-9-7-24(8-10-25)12-17-20-6-5-18(26)23(17)2/h3-6,11,13H,7-10,12H2,1-2H3. The Bertz CT molecular complexity index is 1100. The molecule has 2 aromatic heterocycles. The van der Waals surface area contributed by atoms with Crippen LogP contribution in [0, 0.1) is 0 Å². The Balaban J connectivity index is 1.47. The third-order valence-electron chi connectivity index (χ3n) is 5.16. The Hall–Kier alpha value is -3.00. The van der Waals surface area contributed by atoms with Crippen LogP contribution in [0.2, 0.25) is 0 Å². The van der Waals surface area contributed by atoms with Gasteiger partial charge in [-0.05, 0) is 18.2 Å². The normalized spacial score (nSPS) is 15.4. The number of benzene rings is 1. The summed E-state index contributed by atoms with van der Waals surface area (Å²) < 4.78 is 3.09. The summed E-state index contributed by atoms with van der Waals surface area (Å²) in [4.78, 5) is 37.2. The van der Waals surface area contributed by atoms with Gasteiger partial charge in [-0.1, -0.05) is 0 Å². The summed E-state index contributed by atoms with van der Waals surface area (Å²) in [6, 6.07) is 7.30. The lowest BCUT2D eigenvalue weighted by Gasteiger charge is -2.36. The van der Waals surface area contributed by atoms with Gasteiger partial charge in [-0.15, -0.1) is 0 Å². The van der Waals surface area contributed by atoms with Crippen LogP contribution in [0.1, 0.15) is 5.82 Å². The molecule has 0 radical (unpaired) electrons. The van der Waals surface area contributed by atoms with Gasteiger partial charge in [0.1, 0.15) is 5.82 Å². The Morgan fingerprint density at radius 1 is 1.00 bits per heavy atom. The summed E-state index contributed by atoms with van der Waals surface area (Å²) in [5.41, 5.74) is 1.74. The van der Waals surface area contributed by atoms with Crippen molar-refractivity contribution in [2.45, 2.75) is 6.54 Å². The van der Waals surface area contributed by atoms with Crippen LogP contribution in [0.15, 0.2) is 46.4 Å². The predicted molar refractivity (Wildman–Crippen MR) is 104 cm³/mol. The number of anilines is 1. The number of rotatable bonds is 3. The molecule has 1 fully saturated rings. The molecule has 0 aliphatic carbocycles. The van der Waals surface area contributed by atoms with E-state index in [2.05, 4.69) is 19.8 Å². The van der Waals surface area contributed by atoms with Crippen molar-refractivity contribution in [3.8, 4) is 0 Å². The molecule has 0 spiro atoms. The van der Waals surface area contributed by atoms with Crippen molar-refractivity contribution in [2.75, 3.05) is 31.1 Å². The van der Waals surface area contributed by atoms with Crippen LogP contribution in [-0.4, -0.2) is 50.2 Å². The lowest BCUT2D eigenvalue weighted by atomic mass is 10.2. The van der Waals surface area contributed by atoms with Crippen LogP contribution in [0.25, 0.3) is 10.9 Å². The maximum absolute atomic E-state index is 12.2. The van der Waals surface area contributed by atoms with E-state index in [0.717, 1.165) is 43.2 Å². The highest BCUT2D eigenvalue weighted by Crippen LogP contribution is 2.20. The summed E-state index contributed by atoms with van der Waals surface area (Å²) >= 11 is 0. The second-order valence-corrected chi connectivity index (χ2v) is 6.88. The van der Waals surface area contributed by atoms with Crippen molar-refractivity contribution < 1.29 is 0 Å². The molecule has 3 heterocycles. The van der Waals surface area contributed by atoms with E-state index in [0.29, 0.717) is 11.9 Å². The fraction of sp³-hybridized carbons (Fsp3) is 0.368. The van der Waals surface area contributed by atoms with Crippen molar-refractivity contribution in [2.24, 2.45) is 14.1 Å². The summed E-state index contributed by atoms with van der Waals surface area (Å²) in [5.74, 6) is 0.779. The van der Waals surface area contributed by atoms with Gasteiger partial charge >= 0.3 is 0 Å². The zero-order valence-corrected chi connectivity index (χ0v) is 15.5. The third kappa shape index (κ3) is 3.35. The van der Waals surface area contributed by atoms with Gasteiger partial charge in [-0.3, -0.25) is 19.1 Å². The van der Waals surface area contributed by atoms with Crippen LogP contribution in [0.5, 0.6) is 0 Å². The van der Waals surface area contributed by atoms with Gasteiger partial charge in [0.2, 0.25) is 0 Å². The lowest BCUT2D eigenvalue weighted by molar-refractivity contribution is 0.240. The molecule has 8 nitrogen and oxygen atoms in total. The van der Waals surface area contributed by atoms with E-state index < -0.39 is 0 Å². The second-order valence-electron chi connectivity index (χ2n) is 6.88. The SMILES string of the molecule is Cn1cnc2cc(N3CCN(Cc4nccc(=O)n4C)CC3)ccc2c1=O. The Morgan fingerprint density at radius 3 is 2.56 bits per heavy atom. The molecule has 1 aliphatic rings. The molecule has 0 saturated carbocycles. The summed E-state index contributed by atoms with van der Waals surface area (Å²) in [5, 5.41) is 0.637. The molecule has 0 N–H and O–H groups in total. The largest absolute Gasteiger partial charge is 0.369 e. The average molecular weight is 366 g/mol. The molecule has 8 heteroatoms. The first-order chi connectivity index (χ1) is 13.0. The minimum Gasteiger partial charge on any atom is -0.369 e. The monoisotopic (exact) mass is 366 g/mol. The summed E-state index contributed by atoms with van der Waals surface area (Å²) in [7, 11) is 3.46. The highest BCUT2D eigenvalue weighted by Gasteiger charge is 2.19. The van der Waals surface area contributed by atoms with E-state index in [1.54, 1.807) is 31.2 Å². The first-order valence-corrected chi connectivity index (χ1v) is 8.96. The van der Waals surface area contributed by atoms with Crippen molar-refractivity contribution in [3.63, 3.8) is 0 Å². The first-order valence-electron chi connectivity index (χ1n) is 8.96. The van der Waals surface area contributed by atoms with Crippen molar-refractivity contribution in [3.05, 3.63) is 63.3 Å². The van der Waals surface area contributed by atoms with Crippen LogP contribution in [0.3, 0.4) is 0 Å². The molecule has 0 atom stereocenters. The van der Waals surface area contributed by atoms with E-state index in [1.165, 1.54) is 10.6 Å². The minimum atomic E-state index is -0.0338. The minimum absolute atomic E-state index is 0.0302. The van der Waals surface area contributed by atoms with Gasteiger partial charge in [-0.2, -0.15) is 0 Å². The summed E-state index contributed by atoms with van der Waals surface area (Å²) in [6.45, 7) is 4.17. The van der Waals surface area contributed by atoms with E-state index in [-0.39, 0.29) is 11.1 Å². The molecule has 4 rings (SSSR count). The number of aromatic nitrogens is 4. The molecule has 0 unspecified atom stereocenters. The number of piperazine rings is 1. The van der Waals surface area contributed by atoms with E-state index in [9.17, 15) is 9.59 Å². The maximum Gasteiger partial charge on any atom is 0.260 e. The van der Waals surface area contributed by atoms with Crippen LogP contribution < -0.4 is 16.0 Å². The lowest BCUT2D eigenvalue weighted by Crippen LogP contribution is -2.46. The molecule has 3 aromatic rings. The Morgan fingerprint density at radius 2 is 1.78 bits per heavy atom. The van der Waals surface area contributed by atoms with Gasteiger partial charge in [-0.25, -0.2) is 9.97 Å². The van der Waals surface area contributed by atoms with Crippen LogP contribution >= 0.6 is 0 Å². The van der Waals surface area contributed by atoms with E-state index >= 15 is 0 Å². The molecular weight excluding hydrogens is 344 g/mol. The number of hydrogen-bond donors (Lipinski definition) is 0. The maximum atomic E-state index is 12.2. The highest BCUT2D eigenvalue weighted by atomic mass is 16.1. The van der Waals surface area contributed by atoms with Gasteiger partial charge in [0.15, 0.2) is 0 Å². The number of hydrogen-bond acceptors (Lipinski definition) is 6. The quantitative estimate of drug-likeness (QED) is 0.666. The molecule has 140 valence electrons. The van der Waals surface area contributed by atoms with Crippen molar-refractivity contribution in [1.82, 2.24) is 24.0 Å². The van der Waals surface area contributed by atoms with Crippen LogP contribution in [-0.2, 0) is 20.6 Å².